The summed E-state index contributed by atoms with van der Waals surface area (Å²) in [4.78, 5) is 6.88. The lowest BCUT2D eigenvalue weighted by Crippen LogP contribution is -2.45. The highest BCUT2D eigenvalue weighted by Crippen LogP contribution is 2.25. The molecule has 0 saturated carbocycles. The SMILES string of the molecule is C[C@@H]1CN(c2nc(CBr)cs2)C[C@H](C)O1. The average Bonchev–Trinajstić information content (AvgIpc) is 2.64. The van der Waals surface area contributed by atoms with Crippen molar-refractivity contribution in [2.45, 2.75) is 31.4 Å². The van der Waals surface area contributed by atoms with Crippen molar-refractivity contribution in [1.29, 1.82) is 0 Å². The molecule has 0 aliphatic carbocycles. The van der Waals surface area contributed by atoms with Crippen LogP contribution in [0.15, 0.2) is 5.38 Å². The highest BCUT2D eigenvalue weighted by molar-refractivity contribution is 9.08. The maximum absolute atomic E-state index is 5.70. The van der Waals surface area contributed by atoms with Gasteiger partial charge in [0.05, 0.1) is 17.9 Å². The van der Waals surface area contributed by atoms with E-state index in [9.17, 15) is 0 Å². The first kappa shape index (κ1) is 11.4. The molecule has 1 saturated heterocycles. The lowest BCUT2D eigenvalue weighted by atomic mass is 10.2. The number of thiazole rings is 1. The average molecular weight is 291 g/mol. The number of ether oxygens (including phenoxy) is 1. The lowest BCUT2D eigenvalue weighted by molar-refractivity contribution is -0.00523. The van der Waals surface area contributed by atoms with Crippen LogP contribution in [0, 0.1) is 0 Å². The molecule has 0 unspecified atom stereocenters. The molecule has 0 amide bonds. The van der Waals surface area contributed by atoms with Gasteiger partial charge in [-0.15, -0.1) is 11.3 Å². The molecule has 1 aromatic heterocycles. The maximum Gasteiger partial charge on any atom is 0.185 e. The van der Waals surface area contributed by atoms with Gasteiger partial charge >= 0.3 is 0 Å². The minimum atomic E-state index is 0.296. The molecular formula is C10H15BrN2OS. The Balaban J connectivity index is 2.09. The summed E-state index contributed by atoms with van der Waals surface area (Å²) in [5, 5.41) is 4.06. The molecule has 0 bridgehead atoms. The van der Waals surface area contributed by atoms with Crippen molar-refractivity contribution in [3.63, 3.8) is 0 Å². The number of halogens is 1. The molecule has 1 fully saturated rings. The summed E-state index contributed by atoms with van der Waals surface area (Å²) in [6, 6.07) is 0. The normalized spacial score (nSPS) is 27.0. The zero-order valence-electron chi connectivity index (χ0n) is 8.94. The molecule has 15 heavy (non-hydrogen) atoms. The molecule has 2 atom stereocenters. The van der Waals surface area contributed by atoms with Gasteiger partial charge in [-0.1, -0.05) is 15.9 Å². The summed E-state index contributed by atoms with van der Waals surface area (Å²) in [5.41, 5.74) is 1.11. The van der Waals surface area contributed by atoms with Gasteiger partial charge in [-0.25, -0.2) is 4.98 Å². The fourth-order valence-electron chi connectivity index (χ4n) is 1.84. The first-order valence-electron chi connectivity index (χ1n) is 5.10. The zero-order chi connectivity index (χ0) is 10.8. The van der Waals surface area contributed by atoms with Crippen molar-refractivity contribution in [1.82, 2.24) is 4.98 Å². The summed E-state index contributed by atoms with van der Waals surface area (Å²) in [7, 11) is 0. The quantitative estimate of drug-likeness (QED) is 0.783. The van der Waals surface area contributed by atoms with Gasteiger partial charge in [0.2, 0.25) is 0 Å². The predicted molar refractivity (Wildman–Crippen MR) is 67.0 cm³/mol. The fraction of sp³-hybridized carbons (Fsp3) is 0.700. The zero-order valence-corrected chi connectivity index (χ0v) is 11.3. The Hall–Kier alpha value is -0.130. The van der Waals surface area contributed by atoms with Gasteiger partial charge in [0.15, 0.2) is 5.13 Å². The summed E-state index contributed by atoms with van der Waals surface area (Å²) >= 11 is 5.13. The number of anilines is 1. The molecule has 0 aromatic carbocycles. The van der Waals surface area contributed by atoms with Crippen molar-refractivity contribution in [2.24, 2.45) is 0 Å². The number of aromatic nitrogens is 1. The molecule has 84 valence electrons. The molecular weight excluding hydrogens is 276 g/mol. The van der Waals surface area contributed by atoms with Gasteiger partial charge < -0.3 is 9.64 Å². The number of hydrogen-bond acceptors (Lipinski definition) is 4. The second-order valence-corrected chi connectivity index (χ2v) is 5.31. The van der Waals surface area contributed by atoms with Crippen molar-refractivity contribution < 1.29 is 4.74 Å². The van der Waals surface area contributed by atoms with Crippen molar-refractivity contribution in [3.8, 4) is 0 Å². The van der Waals surface area contributed by atoms with Crippen LogP contribution in [0.3, 0.4) is 0 Å². The van der Waals surface area contributed by atoms with Crippen LogP contribution >= 0.6 is 27.3 Å². The predicted octanol–water partition coefficient (Wildman–Crippen LogP) is 2.65. The monoisotopic (exact) mass is 290 g/mol. The number of rotatable bonds is 2. The number of alkyl halides is 1. The summed E-state index contributed by atoms with van der Waals surface area (Å²) < 4.78 is 5.70. The van der Waals surface area contributed by atoms with Gasteiger partial charge in [0.1, 0.15) is 0 Å². The van der Waals surface area contributed by atoms with Crippen LogP contribution in [0.5, 0.6) is 0 Å². The minimum absolute atomic E-state index is 0.296. The Morgan fingerprint density at radius 1 is 1.53 bits per heavy atom. The smallest absolute Gasteiger partial charge is 0.185 e. The van der Waals surface area contributed by atoms with Gasteiger partial charge in [0, 0.05) is 23.8 Å². The first-order chi connectivity index (χ1) is 7.19. The van der Waals surface area contributed by atoms with Crippen molar-refractivity contribution in [3.05, 3.63) is 11.1 Å². The Labute approximate surface area is 103 Å². The molecule has 3 nitrogen and oxygen atoms in total. The fourth-order valence-corrected chi connectivity index (χ4v) is 3.18. The molecule has 2 heterocycles. The van der Waals surface area contributed by atoms with Crippen molar-refractivity contribution in [2.75, 3.05) is 18.0 Å². The molecule has 0 spiro atoms. The van der Waals surface area contributed by atoms with Crippen LogP contribution in [-0.2, 0) is 10.1 Å². The molecule has 5 heteroatoms. The van der Waals surface area contributed by atoms with E-state index in [0.29, 0.717) is 12.2 Å². The van der Waals surface area contributed by atoms with Crippen LogP contribution in [0.1, 0.15) is 19.5 Å². The van der Waals surface area contributed by atoms with E-state index in [-0.39, 0.29) is 0 Å². The van der Waals surface area contributed by atoms with Gasteiger partial charge in [-0.05, 0) is 13.8 Å². The van der Waals surface area contributed by atoms with E-state index in [1.54, 1.807) is 11.3 Å². The van der Waals surface area contributed by atoms with Gasteiger partial charge in [0.25, 0.3) is 0 Å². The Kier molecular flexibility index (Phi) is 3.64. The number of morpholine rings is 1. The topological polar surface area (TPSA) is 25.4 Å². The van der Waals surface area contributed by atoms with Crippen LogP contribution in [0.25, 0.3) is 0 Å². The molecule has 1 aliphatic rings. The van der Waals surface area contributed by atoms with E-state index in [2.05, 4.69) is 45.0 Å². The summed E-state index contributed by atoms with van der Waals surface area (Å²) in [5.74, 6) is 0. The summed E-state index contributed by atoms with van der Waals surface area (Å²) in [6.45, 7) is 6.11. The Morgan fingerprint density at radius 2 is 2.20 bits per heavy atom. The third-order valence-corrected chi connectivity index (χ3v) is 3.89. The molecule has 1 aliphatic heterocycles. The Morgan fingerprint density at radius 3 is 2.73 bits per heavy atom. The van der Waals surface area contributed by atoms with E-state index >= 15 is 0 Å². The molecule has 0 N–H and O–H groups in total. The second-order valence-electron chi connectivity index (χ2n) is 3.92. The minimum Gasteiger partial charge on any atom is -0.372 e. The Bertz CT molecular complexity index is 321. The van der Waals surface area contributed by atoms with Crippen LogP contribution < -0.4 is 4.90 Å². The van der Waals surface area contributed by atoms with E-state index in [4.69, 9.17) is 4.74 Å². The van der Waals surface area contributed by atoms with E-state index in [0.717, 1.165) is 29.2 Å². The number of nitrogens with zero attached hydrogens (tertiary/aromatic N) is 2. The van der Waals surface area contributed by atoms with Crippen LogP contribution in [0.2, 0.25) is 0 Å². The second kappa shape index (κ2) is 4.80. The van der Waals surface area contributed by atoms with Gasteiger partial charge in [-0.2, -0.15) is 0 Å². The van der Waals surface area contributed by atoms with E-state index < -0.39 is 0 Å². The third kappa shape index (κ3) is 2.71. The maximum atomic E-state index is 5.70. The van der Waals surface area contributed by atoms with Crippen LogP contribution in [-0.4, -0.2) is 30.3 Å². The van der Waals surface area contributed by atoms with E-state index in [1.807, 2.05) is 0 Å². The van der Waals surface area contributed by atoms with Gasteiger partial charge in [-0.3, -0.25) is 0 Å². The van der Waals surface area contributed by atoms with E-state index in [1.165, 1.54) is 0 Å². The van der Waals surface area contributed by atoms with Crippen LogP contribution in [0.4, 0.5) is 5.13 Å². The molecule has 0 radical (unpaired) electrons. The third-order valence-electron chi connectivity index (χ3n) is 2.37. The molecule has 1 aromatic rings. The van der Waals surface area contributed by atoms with Crippen molar-refractivity contribution >= 4 is 32.4 Å². The largest absolute Gasteiger partial charge is 0.372 e. The molecule has 2 rings (SSSR count). The highest BCUT2D eigenvalue weighted by Gasteiger charge is 2.23. The summed E-state index contributed by atoms with van der Waals surface area (Å²) in [6.07, 6.45) is 0.593. The number of hydrogen-bond donors (Lipinski definition) is 0. The first-order valence-corrected chi connectivity index (χ1v) is 7.10. The highest BCUT2D eigenvalue weighted by atomic mass is 79.9. The standard InChI is InChI=1S/C10H15BrN2OS/c1-7-4-13(5-8(2)14-7)10-12-9(3-11)6-15-10/h6-8H,3-5H2,1-2H3/t7-,8+. The lowest BCUT2D eigenvalue weighted by Gasteiger charge is -2.35.